The van der Waals surface area contributed by atoms with E-state index in [0.717, 1.165) is 11.4 Å². The summed E-state index contributed by atoms with van der Waals surface area (Å²) in [6.45, 7) is -3.40. The van der Waals surface area contributed by atoms with E-state index in [0.29, 0.717) is 39.1 Å². The van der Waals surface area contributed by atoms with Crippen LogP contribution in [0.1, 0.15) is 5.56 Å². The molecular weight excluding hydrogens is 457 g/mol. The van der Waals surface area contributed by atoms with Gasteiger partial charge in [-0.3, -0.25) is 4.79 Å². The second-order valence-electron chi connectivity index (χ2n) is 6.04. The van der Waals surface area contributed by atoms with E-state index in [9.17, 15) is 9.36 Å². The molecule has 1 N–H and O–H groups in total. The summed E-state index contributed by atoms with van der Waals surface area (Å²) in [4.78, 5) is 13.0. The maximum atomic E-state index is 12.5. The van der Waals surface area contributed by atoms with Crippen LogP contribution in [0.25, 0.3) is 6.08 Å². The molecule has 0 bridgehead atoms. The quantitative estimate of drug-likeness (QED) is 0.354. The summed E-state index contributed by atoms with van der Waals surface area (Å²) in [5, 5.41) is 2.75. The van der Waals surface area contributed by atoms with Gasteiger partial charge in [0.15, 0.2) is 0 Å². The lowest BCUT2D eigenvalue weighted by atomic mass is 10.1. The Morgan fingerprint density at radius 1 is 0.875 bits per heavy atom. The Kier molecular flexibility index (Phi) is 9.46. The summed E-state index contributed by atoms with van der Waals surface area (Å²) in [6.07, 6.45) is 2.93. The lowest BCUT2D eigenvalue weighted by Gasteiger charge is -2.15. The Balaban J connectivity index is 2.26. The molecule has 0 heterocycles. The minimum absolute atomic E-state index is 0.396. The van der Waals surface area contributed by atoms with Crippen LogP contribution in [-0.2, 0) is 18.4 Å². The van der Waals surface area contributed by atoms with Gasteiger partial charge in [-0.1, -0.05) is 0 Å². The van der Waals surface area contributed by atoms with Crippen LogP contribution in [0.15, 0.2) is 41.3 Å². The van der Waals surface area contributed by atoms with Crippen molar-refractivity contribution < 1.29 is 37.4 Å². The molecule has 11 heteroatoms. The predicted molar refractivity (Wildman–Crippen MR) is 124 cm³/mol. The van der Waals surface area contributed by atoms with Crippen LogP contribution in [0.5, 0.6) is 23.0 Å². The number of anilines is 1. The third-order valence-corrected chi connectivity index (χ3v) is 8.03. The summed E-state index contributed by atoms with van der Waals surface area (Å²) < 4.78 is 43.7. The molecule has 0 aliphatic carbocycles. The highest BCUT2D eigenvalue weighted by atomic mass is 32.7. The monoisotopic (exact) mass is 483 g/mol. The molecular formula is C21H26NO8PS. The van der Waals surface area contributed by atoms with Crippen molar-refractivity contribution in [1.29, 1.82) is 0 Å². The first kappa shape index (κ1) is 25.6. The number of carbonyl (C=O) groups is 1. The fourth-order valence-corrected chi connectivity index (χ4v) is 5.19. The van der Waals surface area contributed by atoms with E-state index in [-0.39, 0.29) is 0 Å². The molecule has 0 aromatic heterocycles. The van der Waals surface area contributed by atoms with Crippen LogP contribution >= 0.6 is 18.2 Å². The highest BCUT2D eigenvalue weighted by Crippen LogP contribution is 2.64. The van der Waals surface area contributed by atoms with E-state index < -0.39 is 12.7 Å². The average molecular weight is 483 g/mol. The SMILES string of the molecule is COc1cc(OC)c(C=CC(=O)Nc2ccc(OC)c(SP(=O)(OC)OC)c2)c(OC)c1. The van der Waals surface area contributed by atoms with E-state index in [1.807, 2.05) is 0 Å². The van der Waals surface area contributed by atoms with Crippen molar-refractivity contribution in [2.24, 2.45) is 0 Å². The molecule has 0 atom stereocenters. The van der Waals surface area contributed by atoms with Crippen LogP contribution in [-0.4, -0.2) is 48.6 Å². The van der Waals surface area contributed by atoms with Gasteiger partial charge in [0.1, 0.15) is 23.0 Å². The zero-order valence-corrected chi connectivity index (χ0v) is 20.4. The van der Waals surface area contributed by atoms with Gasteiger partial charge in [-0.05, 0) is 35.7 Å². The highest BCUT2D eigenvalue weighted by Gasteiger charge is 2.25. The molecule has 0 radical (unpaired) electrons. The first-order valence-corrected chi connectivity index (χ1v) is 12.2. The third kappa shape index (κ3) is 6.43. The lowest BCUT2D eigenvalue weighted by Crippen LogP contribution is -2.08. The van der Waals surface area contributed by atoms with Crippen molar-refractivity contribution in [3.05, 3.63) is 42.0 Å². The molecule has 0 saturated heterocycles. The molecule has 2 aromatic rings. The second kappa shape index (κ2) is 11.8. The first-order chi connectivity index (χ1) is 15.3. The molecule has 1 amide bonds. The molecule has 174 valence electrons. The molecule has 2 aromatic carbocycles. The van der Waals surface area contributed by atoms with Crippen molar-refractivity contribution in [3.63, 3.8) is 0 Å². The number of ether oxygens (including phenoxy) is 4. The van der Waals surface area contributed by atoms with Gasteiger partial charge >= 0.3 is 6.80 Å². The first-order valence-electron chi connectivity index (χ1n) is 9.21. The third-order valence-electron chi connectivity index (χ3n) is 4.24. The smallest absolute Gasteiger partial charge is 0.393 e. The summed E-state index contributed by atoms with van der Waals surface area (Å²) in [7, 11) is 8.64. The fraction of sp³-hybridized carbons (Fsp3) is 0.286. The number of amides is 1. The van der Waals surface area contributed by atoms with Crippen molar-refractivity contribution in [2.75, 3.05) is 48.0 Å². The van der Waals surface area contributed by atoms with Gasteiger partial charge in [-0.25, -0.2) is 4.57 Å². The van der Waals surface area contributed by atoms with Gasteiger partial charge < -0.3 is 33.3 Å². The van der Waals surface area contributed by atoms with E-state index in [1.54, 1.807) is 36.4 Å². The van der Waals surface area contributed by atoms with Gasteiger partial charge in [-0.2, -0.15) is 0 Å². The van der Waals surface area contributed by atoms with E-state index >= 15 is 0 Å². The fourth-order valence-electron chi connectivity index (χ4n) is 2.64. The molecule has 0 saturated carbocycles. The van der Waals surface area contributed by atoms with Crippen molar-refractivity contribution in [1.82, 2.24) is 0 Å². The van der Waals surface area contributed by atoms with Crippen LogP contribution in [0.4, 0.5) is 5.69 Å². The Hall–Kier alpha value is -2.65. The van der Waals surface area contributed by atoms with Gasteiger partial charge in [0, 0.05) is 38.1 Å². The van der Waals surface area contributed by atoms with Gasteiger partial charge in [0.05, 0.1) is 38.9 Å². The number of rotatable bonds is 11. The van der Waals surface area contributed by atoms with Crippen LogP contribution in [0.3, 0.4) is 0 Å². The Bertz CT molecular complexity index is 994. The normalized spacial score (nSPS) is 11.3. The second-order valence-corrected chi connectivity index (χ2v) is 10.2. The molecule has 0 unspecified atom stereocenters. The number of benzene rings is 2. The van der Waals surface area contributed by atoms with Crippen LogP contribution < -0.4 is 24.3 Å². The van der Waals surface area contributed by atoms with Crippen LogP contribution in [0, 0.1) is 0 Å². The van der Waals surface area contributed by atoms with E-state index in [2.05, 4.69) is 5.32 Å². The molecule has 0 aliphatic rings. The minimum Gasteiger partial charge on any atom is -0.496 e. The number of nitrogens with one attached hydrogen (secondary N) is 1. The molecule has 0 spiro atoms. The zero-order valence-electron chi connectivity index (χ0n) is 18.7. The topological polar surface area (TPSA) is 102 Å². The Morgan fingerprint density at radius 3 is 1.97 bits per heavy atom. The number of hydrogen-bond donors (Lipinski definition) is 1. The molecule has 2 rings (SSSR count). The largest absolute Gasteiger partial charge is 0.496 e. The van der Waals surface area contributed by atoms with Gasteiger partial charge in [-0.15, -0.1) is 0 Å². The Labute approximate surface area is 191 Å². The summed E-state index contributed by atoms with van der Waals surface area (Å²) in [5.41, 5.74) is 1.05. The standard InChI is InChI=1S/C21H26NO8PS/c1-25-15-12-18(27-3)16(19(13-15)28-4)8-10-21(23)22-14-7-9-17(26-2)20(11-14)32-31(24,29-5)30-6/h7-13H,1-6H3,(H,22,23). The maximum Gasteiger partial charge on any atom is 0.393 e. The Morgan fingerprint density at radius 2 is 1.47 bits per heavy atom. The van der Waals surface area contributed by atoms with Crippen molar-refractivity contribution >= 4 is 35.8 Å². The summed E-state index contributed by atoms with van der Waals surface area (Å²) >= 11 is 0.879. The zero-order chi connectivity index (χ0) is 23.7. The number of carbonyl (C=O) groups excluding carboxylic acids is 1. The number of methoxy groups -OCH3 is 4. The van der Waals surface area contributed by atoms with E-state index in [1.165, 1.54) is 48.7 Å². The average Bonchev–Trinajstić information content (AvgIpc) is 2.82. The highest BCUT2D eigenvalue weighted by molar-refractivity contribution is 8.55. The van der Waals surface area contributed by atoms with Gasteiger partial charge in [0.25, 0.3) is 0 Å². The minimum atomic E-state index is -3.40. The van der Waals surface area contributed by atoms with Gasteiger partial charge in [0.2, 0.25) is 5.91 Å². The van der Waals surface area contributed by atoms with Crippen molar-refractivity contribution in [2.45, 2.75) is 4.90 Å². The van der Waals surface area contributed by atoms with Crippen LogP contribution in [0.2, 0.25) is 0 Å². The lowest BCUT2D eigenvalue weighted by molar-refractivity contribution is -0.111. The summed E-state index contributed by atoms with van der Waals surface area (Å²) in [5.74, 6) is 1.61. The molecule has 32 heavy (non-hydrogen) atoms. The number of hydrogen-bond acceptors (Lipinski definition) is 9. The van der Waals surface area contributed by atoms with E-state index in [4.69, 9.17) is 28.0 Å². The predicted octanol–water partition coefficient (Wildman–Crippen LogP) is 4.87. The molecule has 9 nitrogen and oxygen atoms in total. The molecule has 0 fully saturated rings. The summed E-state index contributed by atoms with van der Waals surface area (Å²) in [6, 6.07) is 8.31. The molecule has 0 aliphatic heterocycles. The van der Waals surface area contributed by atoms with Crippen molar-refractivity contribution in [3.8, 4) is 23.0 Å². The maximum absolute atomic E-state index is 12.5.